The van der Waals surface area contributed by atoms with Gasteiger partial charge in [0, 0.05) is 11.6 Å². The van der Waals surface area contributed by atoms with E-state index >= 15 is 0 Å². The van der Waals surface area contributed by atoms with Crippen LogP contribution in [-0.4, -0.2) is 44.2 Å². The van der Waals surface area contributed by atoms with Gasteiger partial charge in [-0.2, -0.15) is 0 Å². The molecule has 0 saturated carbocycles. The Kier molecular flexibility index (Phi) is 6.53. The van der Waals surface area contributed by atoms with Gasteiger partial charge in [0.2, 0.25) is 0 Å². The Hall–Kier alpha value is -3.80. The second kappa shape index (κ2) is 9.14. The van der Waals surface area contributed by atoms with Crippen LogP contribution in [0.4, 0.5) is 11.4 Å². The first-order chi connectivity index (χ1) is 15.1. The summed E-state index contributed by atoms with van der Waals surface area (Å²) in [4.78, 5) is 38.8. The lowest BCUT2D eigenvalue weighted by Crippen LogP contribution is -2.23. The van der Waals surface area contributed by atoms with Crippen molar-refractivity contribution in [3.8, 4) is 0 Å². The molecule has 1 aliphatic heterocycles. The molecule has 0 aliphatic carbocycles. The minimum atomic E-state index is -3.67. The van der Waals surface area contributed by atoms with Crippen LogP contribution in [-0.2, 0) is 24.3 Å². The van der Waals surface area contributed by atoms with E-state index in [1.807, 2.05) is 0 Å². The lowest BCUT2D eigenvalue weighted by atomic mass is 10.1. The summed E-state index contributed by atoms with van der Waals surface area (Å²) >= 11 is 0. The topological polar surface area (TPSA) is 157 Å². The monoisotopic (exact) mass is 460 g/mol. The molecule has 2 N–H and O–H groups in total. The molecule has 1 heterocycles. The van der Waals surface area contributed by atoms with Crippen LogP contribution in [0.3, 0.4) is 0 Å². The second-order valence-corrected chi connectivity index (χ2v) is 8.65. The Morgan fingerprint density at radius 2 is 1.88 bits per heavy atom. The number of hydrogen-bond donors (Lipinski definition) is 2. The maximum atomic E-state index is 12.1. The number of aliphatic imine (C=N–C) groups is 1. The fourth-order valence-electron chi connectivity index (χ4n) is 2.97. The molecule has 1 aliphatic rings. The van der Waals surface area contributed by atoms with Gasteiger partial charge in [-0.25, -0.2) is 8.42 Å². The van der Waals surface area contributed by atoms with Crippen molar-refractivity contribution in [3.63, 3.8) is 0 Å². The summed E-state index contributed by atoms with van der Waals surface area (Å²) in [5.74, 6) is -1.32. The van der Waals surface area contributed by atoms with Crippen LogP contribution in [0.25, 0.3) is 0 Å². The minimum absolute atomic E-state index is 0.0118. The first-order valence-electron chi connectivity index (χ1n) is 9.46. The van der Waals surface area contributed by atoms with Crippen molar-refractivity contribution in [1.82, 2.24) is 4.72 Å². The zero-order valence-electron chi connectivity index (χ0n) is 17.2. The van der Waals surface area contributed by atoms with Gasteiger partial charge >= 0.3 is 5.97 Å². The van der Waals surface area contributed by atoms with Gasteiger partial charge < -0.3 is 10.1 Å². The number of sulfonamides is 1. The van der Waals surface area contributed by atoms with E-state index in [-0.39, 0.29) is 35.1 Å². The van der Waals surface area contributed by atoms with Crippen molar-refractivity contribution >= 4 is 39.1 Å². The predicted octanol–water partition coefficient (Wildman–Crippen LogP) is 1.82. The average molecular weight is 460 g/mol. The molecule has 3 rings (SSSR count). The van der Waals surface area contributed by atoms with Crippen LogP contribution >= 0.6 is 0 Å². The third kappa shape index (κ3) is 5.09. The number of amidine groups is 1. The molecular weight excluding hydrogens is 440 g/mol. The van der Waals surface area contributed by atoms with Gasteiger partial charge in [0.05, 0.1) is 22.8 Å². The Morgan fingerprint density at radius 1 is 1.19 bits per heavy atom. The normalized spacial score (nSPS) is 15.0. The molecule has 0 spiro atoms. The molecule has 0 atom stereocenters. The maximum Gasteiger partial charge on any atom is 0.308 e. The lowest BCUT2D eigenvalue weighted by Gasteiger charge is -2.09. The highest BCUT2D eigenvalue weighted by atomic mass is 32.2. The average Bonchev–Trinajstić information content (AvgIpc) is 2.99. The summed E-state index contributed by atoms with van der Waals surface area (Å²) in [6.07, 6.45) is -0.190. The zero-order chi connectivity index (χ0) is 23.5. The molecule has 12 heteroatoms. The number of amides is 1. The molecule has 0 saturated heterocycles. The Bertz CT molecular complexity index is 1240. The first kappa shape index (κ1) is 22.9. The molecule has 11 nitrogen and oxygen atoms in total. The number of nitro groups is 1. The molecule has 0 fully saturated rings. The highest BCUT2D eigenvalue weighted by Gasteiger charge is 2.30. The summed E-state index contributed by atoms with van der Waals surface area (Å²) < 4.78 is 31.2. The van der Waals surface area contributed by atoms with Crippen LogP contribution in [0.2, 0.25) is 0 Å². The third-order valence-corrected chi connectivity index (χ3v) is 6.09. The van der Waals surface area contributed by atoms with Crippen molar-refractivity contribution < 1.29 is 27.7 Å². The van der Waals surface area contributed by atoms with Crippen LogP contribution < -0.4 is 10.0 Å². The van der Waals surface area contributed by atoms with Crippen molar-refractivity contribution in [2.75, 3.05) is 18.5 Å². The number of carbonyl (C=O) groups excluding carboxylic acids is 2. The van der Waals surface area contributed by atoms with Crippen molar-refractivity contribution in [2.45, 2.75) is 25.2 Å². The number of hydrogen-bond acceptors (Lipinski definition) is 8. The van der Waals surface area contributed by atoms with Crippen molar-refractivity contribution in [2.24, 2.45) is 4.99 Å². The van der Waals surface area contributed by atoms with Crippen LogP contribution in [0.15, 0.2) is 46.3 Å². The van der Waals surface area contributed by atoms with Crippen LogP contribution in [0.1, 0.15) is 23.1 Å². The van der Waals surface area contributed by atoms with Crippen LogP contribution in [0.5, 0.6) is 0 Å². The largest absolute Gasteiger partial charge is 0.456 e. The quantitative estimate of drug-likeness (QED) is 0.362. The standard InChI is InChI=1S/C20H20N4O7S/c1-12-9-15(16(24(27)28)10-13(12)2)22-18(25)11-31-19(26)7-8-21-20-14-5-3-4-6-17(14)32(29,30)23-20/h3-6,9-10H,7-8,11H2,1-2H3,(H,21,23)(H,22,25). The van der Waals surface area contributed by atoms with Gasteiger partial charge in [-0.1, -0.05) is 12.1 Å². The number of anilines is 1. The van der Waals surface area contributed by atoms with Gasteiger partial charge in [0.15, 0.2) is 6.61 Å². The van der Waals surface area contributed by atoms with E-state index < -0.39 is 33.4 Å². The van der Waals surface area contributed by atoms with Crippen molar-refractivity contribution in [1.29, 1.82) is 0 Å². The number of nitro benzene ring substituents is 1. The van der Waals surface area contributed by atoms with Crippen LogP contribution in [0, 0.1) is 24.0 Å². The van der Waals surface area contributed by atoms with E-state index in [1.165, 1.54) is 18.2 Å². The van der Waals surface area contributed by atoms with Gasteiger partial charge in [0.1, 0.15) is 11.5 Å². The molecule has 0 aromatic heterocycles. The number of nitrogens with one attached hydrogen (secondary N) is 2. The van der Waals surface area contributed by atoms with Crippen molar-refractivity contribution in [3.05, 3.63) is 63.2 Å². The Morgan fingerprint density at radius 3 is 2.59 bits per heavy atom. The molecule has 0 unspecified atom stereocenters. The van der Waals surface area contributed by atoms with E-state index in [0.717, 1.165) is 5.56 Å². The predicted molar refractivity (Wildman–Crippen MR) is 115 cm³/mol. The molecule has 2 aromatic rings. The van der Waals surface area contributed by atoms with Gasteiger partial charge in [-0.15, -0.1) is 0 Å². The highest BCUT2D eigenvalue weighted by Crippen LogP contribution is 2.28. The Labute approximate surface area is 183 Å². The molecule has 2 aromatic carbocycles. The molecule has 168 valence electrons. The number of benzene rings is 2. The number of nitrogens with zero attached hydrogens (tertiary/aromatic N) is 2. The fourth-order valence-corrected chi connectivity index (χ4v) is 4.22. The Balaban J connectivity index is 1.53. The second-order valence-electron chi connectivity index (χ2n) is 7.00. The van der Waals surface area contributed by atoms with Gasteiger partial charge in [-0.05, 0) is 43.2 Å². The number of carbonyl (C=O) groups is 2. The molecule has 0 bridgehead atoms. The van der Waals surface area contributed by atoms with E-state index in [2.05, 4.69) is 15.0 Å². The number of ether oxygens (including phenoxy) is 1. The smallest absolute Gasteiger partial charge is 0.308 e. The minimum Gasteiger partial charge on any atom is -0.456 e. The third-order valence-electron chi connectivity index (χ3n) is 4.70. The van der Waals surface area contributed by atoms with E-state index in [1.54, 1.807) is 32.0 Å². The van der Waals surface area contributed by atoms with E-state index in [0.29, 0.717) is 11.1 Å². The SMILES string of the molecule is Cc1cc(NC(=O)COC(=O)CCN=C2NS(=O)(=O)c3ccccc32)c([N+](=O)[O-])cc1C. The summed E-state index contributed by atoms with van der Waals surface area (Å²) in [5, 5.41) is 13.6. The number of fused-ring (bicyclic) bond motifs is 1. The molecule has 0 radical (unpaired) electrons. The number of esters is 1. The summed E-state index contributed by atoms with van der Waals surface area (Å²) in [6, 6.07) is 9.14. The summed E-state index contributed by atoms with van der Waals surface area (Å²) in [6.45, 7) is 2.78. The highest BCUT2D eigenvalue weighted by molar-refractivity contribution is 7.90. The van der Waals surface area contributed by atoms with Gasteiger partial charge in [-0.3, -0.25) is 29.4 Å². The lowest BCUT2D eigenvalue weighted by molar-refractivity contribution is -0.384. The number of aryl methyl sites for hydroxylation is 2. The maximum absolute atomic E-state index is 12.1. The molecular formula is C20H20N4O7S. The van der Waals surface area contributed by atoms with Gasteiger partial charge in [0.25, 0.3) is 21.6 Å². The van der Waals surface area contributed by atoms with E-state index in [9.17, 15) is 28.1 Å². The fraction of sp³-hybridized carbons (Fsp3) is 0.250. The first-order valence-corrected chi connectivity index (χ1v) is 10.9. The molecule has 1 amide bonds. The summed E-state index contributed by atoms with van der Waals surface area (Å²) in [7, 11) is -3.67. The molecule has 32 heavy (non-hydrogen) atoms. The number of rotatable bonds is 7. The summed E-state index contributed by atoms with van der Waals surface area (Å²) in [5.41, 5.74) is 1.62. The zero-order valence-corrected chi connectivity index (χ0v) is 18.1. The van der Waals surface area contributed by atoms with E-state index in [4.69, 9.17) is 4.74 Å².